The maximum Gasteiger partial charge on any atom is 0.417 e. The van der Waals surface area contributed by atoms with Crippen molar-refractivity contribution in [2.24, 2.45) is 5.41 Å². The van der Waals surface area contributed by atoms with Gasteiger partial charge in [-0.15, -0.1) is 0 Å². The first kappa shape index (κ1) is 26.2. The molecule has 3 fully saturated rings. The van der Waals surface area contributed by atoms with Crippen molar-refractivity contribution in [3.8, 4) is 6.01 Å². The first-order chi connectivity index (χ1) is 17.3. The third-order valence-electron chi connectivity index (χ3n) is 7.62. The summed E-state index contributed by atoms with van der Waals surface area (Å²) in [5.74, 6) is -1.06. The molecule has 37 heavy (non-hydrogen) atoms. The van der Waals surface area contributed by atoms with E-state index in [4.69, 9.17) is 4.74 Å². The molecule has 0 bridgehead atoms. The van der Waals surface area contributed by atoms with Crippen LogP contribution in [0.3, 0.4) is 0 Å². The molecule has 0 saturated carbocycles. The molecule has 3 aliphatic rings. The summed E-state index contributed by atoms with van der Waals surface area (Å²) < 4.78 is 61.7. The predicted molar refractivity (Wildman–Crippen MR) is 131 cm³/mol. The molecule has 13 heteroatoms. The Morgan fingerprint density at radius 1 is 1.19 bits per heavy atom. The monoisotopic (exact) mass is 589 g/mol. The number of hydrogen-bond donors (Lipinski definition) is 1. The normalized spacial score (nSPS) is 24.1. The molecule has 0 aliphatic carbocycles. The second kappa shape index (κ2) is 9.11. The van der Waals surface area contributed by atoms with Crippen molar-refractivity contribution in [1.29, 1.82) is 0 Å². The Balaban J connectivity index is 1.54. The molecule has 1 atom stereocenters. The van der Waals surface area contributed by atoms with Crippen LogP contribution in [0.2, 0.25) is 0 Å². The summed E-state index contributed by atoms with van der Waals surface area (Å²) in [4.78, 5) is 25.3. The van der Waals surface area contributed by atoms with Gasteiger partial charge in [0.25, 0.3) is 0 Å². The summed E-state index contributed by atoms with van der Waals surface area (Å²) in [7, 11) is 0. The Kier molecular flexibility index (Phi) is 6.45. The van der Waals surface area contributed by atoms with Crippen molar-refractivity contribution in [3.05, 3.63) is 21.9 Å². The van der Waals surface area contributed by atoms with Gasteiger partial charge in [0.1, 0.15) is 17.9 Å². The zero-order valence-corrected chi connectivity index (χ0v) is 22.1. The number of aromatic nitrogens is 2. The summed E-state index contributed by atoms with van der Waals surface area (Å²) >= 11 is 2.76. The lowest BCUT2D eigenvalue weighted by Crippen LogP contribution is -2.48. The fraction of sp³-hybridized carbons (Fsp3) is 0.625. The van der Waals surface area contributed by atoms with Crippen molar-refractivity contribution >= 4 is 38.7 Å². The largest absolute Gasteiger partial charge is 0.465 e. The maximum absolute atomic E-state index is 15.3. The van der Waals surface area contributed by atoms with E-state index < -0.39 is 28.1 Å². The number of piperazine rings is 1. The first-order valence-corrected chi connectivity index (χ1v) is 13.0. The molecule has 1 amide bonds. The number of halogens is 5. The Morgan fingerprint density at radius 2 is 1.89 bits per heavy atom. The van der Waals surface area contributed by atoms with E-state index >= 15 is 4.39 Å². The van der Waals surface area contributed by atoms with Crippen molar-refractivity contribution in [2.45, 2.75) is 44.8 Å². The summed E-state index contributed by atoms with van der Waals surface area (Å²) in [6, 6.07) is 0.724. The Morgan fingerprint density at radius 3 is 2.54 bits per heavy atom. The molecular formula is C24H28BrF4N5O3. The summed E-state index contributed by atoms with van der Waals surface area (Å²) in [5.41, 5.74) is -1.52. The fourth-order valence-corrected chi connectivity index (χ4v) is 6.63. The number of carbonyl (C=O) groups is 1. The molecular weight excluding hydrogens is 562 g/mol. The van der Waals surface area contributed by atoms with Gasteiger partial charge in [0.2, 0.25) is 0 Å². The lowest BCUT2D eigenvalue weighted by atomic mass is 9.83. The van der Waals surface area contributed by atoms with Crippen LogP contribution in [-0.2, 0) is 6.18 Å². The zero-order chi connectivity index (χ0) is 26.8. The maximum atomic E-state index is 15.3. The van der Waals surface area contributed by atoms with Crippen molar-refractivity contribution in [1.82, 2.24) is 19.8 Å². The van der Waals surface area contributed by atoms with Crippen LogP contribution in [0.5, 0.6) is 6.01 Å². The molecule has 1 unspecified atom stereocenters. The number of hydrogen-bond acceptors (Lipinski definition) is 6. The summed E-state index contributed by atoms with van der Waals surface area (Å²) in [6.07, 6.45) is -2.97. The zero-order valence-electron chi connectivity index (χ0n) is 20.5. The molecule has 1 N–H and O–H groups in total. The van der Waals surface area contributed by atoms with Crippen LogP contribution < -0.4 is 9.64 Å². The number of carboxylic acid groups (broad SMARTS) is 1. The van der Waals surface area contributed by atoms with Crippen LogP contribution in [-0.4, -0.2) is 82.4 Å². The SMILES string of the molecule is CC1(C)CN2CCCC2(COc2nc(N3CCN(C(=O)O)CC3)c3cc(C(F)(F)F)c(Br)c(F)c3n2)C1. The van der Waals surface area contributed by atoms with Gasteiger partial charge in [0, 0.05) is 38.1 Å². The van der Waals surface area contributed by atoms with Crippen molar-refractivity contribution in [2.75, 3.05) is 50.8 Å². The lowest BCUT2D eigenvalue weighted by molar-refractivity contribution is -0.138. The minimum absolute atomic E-state index is 0.0921. The molecule has 5 rings (SSSR count). The van der Waals surface area contributed by atoms with Crippen LogP contribution in [0.15, 0.2) is 10.5 Å². The van der Waals surface area contributed by atoms with E-state index in [0.717, 1.165) is 38.4 Å². The smallest absolute Gasteiger partial charge is 0.417 e. The number of anilines is 1. The van der Waals surface area contributed by atoms with Gasteiger partial charge in [-0.2, -0.15) is 23.1 Å². The molecule has 1 aromatic carbocycles. The topological polar surface area (TPSA) is 82.0 Å². The molecule has 2 aromatic rings. The quantitative estimate of drug-likeness (QED) is 0.503. The minimum Gasteiger partial charge on any atom is -0.465 e. The highest BCUT2D eigenvalue weighted by atomic mass is 79.9. The highest BCUT2D eigenvalue weighted by Crippen LogP contribution is 2.47. The van der Waals surface area contributed by atoms with Crippen molar-refractivity contribution in [3.63, 3.8) is 0 Å². The molecule has 3 aliphatic heterocycles. The Bertz CT molecular complexity index is 1240. The average molecular weight is 590 g/mol. The van der Waals surface area contributed by atoms with Gasteiger partial charge in [-0.1, -0.05) is 13.8 Å². The van der Waals surface area contributed by atoms with Gasteiger partial charge in [0.05, 0.1) is 15.6 Å². The third kappa shape index (κ3) is 4.80. The highest BCUT2D eigenvalue weighted by molar-refractivity contribution is 9.10. The summed E-state index contributed by atoms with van der Waals surface area (Å²) in [5, 5.41) is 9.16. The number of ether oxygens (including phenoxy) is 1. The average Bonchev–Trinajstić information content (AvgIpc) is 3.31. The van der Waals surface area contributed by atoms with Gasteiger partial charge < -0.3 is 19.6 Å². The van der Waals surface area contributed by atoms with Crippen LogP contribution in [0.1, 0.15) is 38.7 Å². The Hall–Kier alpha value is -2.41. The third-order valence-corrected chi connectivity index (χ3v) is 8.40. The molecule has 0 radical (unpaired) electrons. The standard InChI is InChI=1S/C24H28BrF4N5O3/c1-22(2)11-23(4-3-5-34(23)12-22)13-37-20-30-18-14(10-15(24(27,28)29)16(25)17(18)26)19(31-20)32-6-8-33(9-7-32)21(35)36/h10H,3-9,11-13H2,1-2H3,(H,35,36). The van der Waals surface area contributed by atoms with Crippen molar-refractivity contribution < 1.29 is 32.2 Å². The predicted octanol–water partition coefficient (Wildman–Crippen LogP) is 4.99. The van der Waals surface area contributed by atoms with Crippen LogP contribution >= 0.6 is 15.9 Å². The fourth-order valence-electron chi connectivity index (χ4n) is 6.11. The van der Waals surface area contributed by atoms with E-state index in [1.165, 1.54) is 4.90 Å². The second-order valence-electron chi connectivity index (χ2n) is 10.9. The Labute approximate surface area is 219 Å². The number of nitrogens with zero attached hydrogens (tertiary/aromatic N) is 5. The van der Waals surface area contributed by atoms with Crippen LogP contribution in [0.25, 0.3) is 10.9 Å². The summed E-state index contributed by atoms with van der Waals surface area (Å²) in [6.45, 7) is 7.25. The number of amides is 1. The molecule has 3 saturated heterocycles. The lowest BCUT2D eigenvalue weighted by Gasteiger charge is -2.35. The number of fused-ring (bicyclic) bond motifs is 2. The first-order valence-electron chi connectivity index (χ1n) is 12.2. The van der Waals surface area contributed by atoms with E-state index in [2.05, 4.69) is 44.6 Å². The number of rotatable bonds is 4. The van der Waals surface area contributed by atoms with Gasteiger partial charge in [-0.3, -0.25) is 4.90 Å². The molecule has 4 heterocycles. The molecule has 202 valence electrons. The molecule has 8 nitrogen and oxygen atoms in total. The van der Waals surface area contributed by atoms with E-state index in [0.29, 0.717) is 0 Å². The number of alkyl halides is 3. The van der Waals surface area contributed by atoms with E-state index in [-0.39, 0.29) is 66.5 Å². The van der Waals surface area contributed by atoms with Gasteiger partial charge in [-0.25, -0.2) is 9.18 Å². The molecule has 0 spiro atoms. The van der Waals surface area contributed by atoms with Gasteiger partial charge in [0.15, 0.2) is 5.82 Å². The van der Waals surface area contributed by atoms with E-state index in [9.17, 15) is 23.1 Å². The second-order valence-corrected chi connectivity index (χ2v) is 11.7. The van der Waals surface area contributed by atoms with Crippen LogP contribution in [0, 0.1) is 11.2 Å². The van der Waals surface area contributed by atoms with E-state index in [1.807, 2.05) is 0 Å². The van der Waals surface area contributed by atoms with Gasteiger partial charge >= 0.3 is 18.3 Å². The van der Waals surface area contributed by atoms with E-state index in [1.54, 1.807) is 4.90 Å². The highest BCUT2D eigenvalue weighted by Gasteiger charge is 2.52. The number of benzene rings is 1. The van der Waals surface area contributed by atoms with Gasteiger partial charge in [-0.05, 0) is 53.2 Å². The molecule has 1 aromatic heterocycles. The minimum atomic E-state index is -4.80. The van der Waals surface area contributed by atoms with Crippen LogP contribution in [0.4, 0.5) is 28.2 Å².